The minimum Gasteiger partial charge on any atom is -0.468 e. The molecule has 0 amide bonds. The number of imidazole rings is 1. The number of allylic oxidation sites excluding steroid dienone is 1. The highest BCUT2D eigenvalue weighted by molar-refractivity contribution is 6.08. The summed E-state index contributed by atoms with van der Waals surface area (Å²) < 4.78 is 6.32. The second-order valence-electron chi connectivity index (χ2n) is 9.72. The van der Waals surface area contributed by atoms with Crippen LogP contribution in [0.1, 0.15) is 55.7 Å². The van der Waals surface area contributed by atoms with Crippen LogP contribution < -0.4 is 4.74 Å². The van der Waals surface area contributed by atoms with Crippen LogP contribution in [0.25, 0.3) is 11.0 Å². The molecular formula is C27H29N3O3. The summed E-state index contributed by atoms with van der Waals surface area (Å²) in [4.78, 5) is 25.0. The van der Waals surface area contributed by atoms with Gasteiger partial charge in [0.1, 0.15) is 5.75 Å². The Morgan fingerprint density at radius 3 is 2.55 bits per heavy atom. The SMILES string of the molecule is CC1(O)CCC(C2(C)C=CC=NC2Oc2ccc(C(=O)c3nc4ccccc4[nH]3)cc2)CC1. The third kappa shape index (κ3) is 4.23. The number of rotatable bonds is 5. The maximum absolute atomic E-state index is 12.9. The number of aliphatic hydroxyl groups is 1. The minimum absolute atomic E-state index is 0.157. The molecule has 6 nitrogen and oxygen atoms in total. The van der Waals surface area contributed by atoms with E-state index in [1.54, 1.807) is 18.3 Å². The number of aromatic amines is 1. The van der Waals surface area contributed by atoms with Gasteiger partial charge in [-0.2, -0.15) is 0 Å². The first kappa shape index (κ1) is 21.6. The van der Waals surface area contributed by atoms with E-state index in [1.807, 2.05) is 49.4 Å². The maximum atomic E-state index is 12.9. The monoisotopic (exact) mass is 443 g/mol. The van der Waals surface area contributed by atoms with Crippen molar-refractivity contribution in [3.8, 4) is 5.75 Å². The maximum Gasteiger partial charge on any atom is 0.228 e. The average Bonchev–Trinajstić information content (AvgIpc) is 3.25. The number of hydrogen-bond donors (Lipinski definition) is 2. The zero-order chi connectivity index (χ0) is 23.1. The molecule has 1 aliphatic carbocycles. The van der Waals surface area contributed by atoms with Crippen molar-refractivity contribution in [3.05, 3.63) is 72.1 Å². The average molecular weight is 444 g/mol. The standard InChI is InChI=1S/C27H29N3O3/c1-26(32)15-12-19(13-16-26)27(2)14-5-17-28-25(27)33-20-10-8-18(9-11-20)23(31)24-29-21-6-3-4-7-22(21)30-24/h3-11,14,17,19,25,32H,12-13,15-16H2,1-2H3,(H,29,30). The fourth-order valence-electron chi connectivity index (χ4n) is 4.99. The summed E-state index contributed by atoms with van der Waals surface area (Å²) in [6.07, 6.45) is 9.06. The molecule has 1 aromatic heterocycles. The molecule has 2 unspecified atom stereocenters. The molecule has 2 aliphatic rings. The van der Waals surface area contributed by atoms with E-state index >= 15 is 0 Å². The summed E-state index contributed by atoms with van der Waals surface area (Å²) in [6.45, 7) is 4.11. The zero-order valence-corrected chi connectivity index (χ0v) is 19.0. The Hall–Kier alpha value is -3.25. The van der Waals surface area contributed by atoms with Gasteiger partial charge < -0.3 is 14.8 Å². The molecule has 2 heterocycles. The number of nitrogens with zero attached hydrogens (tertiary/aromatic N) is 2. The number of aromatic nitrogens is 2. The molecule has 5 rings (SSSR count). The van der Waals surface area contributed by atoms with E-state index in [-0.39, 0.29) is 17.4 Å². The van der Waals surface area contributed by atoms with E-state index < -0.39 is 5.60 Å². The second kappa shape index (κ2) is 8.27. The molecule has 170 valence electrons. The molecule has 6 heteroatoms. The van der Waals surface area contributed by atoms with Gasteiger partial charge in [-0.1, -0.05) is 25.1 Å². The van der Waals surface area contributed by atoms with Crippen LogP contribution in [0.3, 0.4) is 0 Å². The molecule has 33 heavy (non-hydrogen) atoms. The smallest absolute Gasteiger partial charge is 0.228 e. The molecule has 3 aromatic rings. The van der Waals surface area contributed by atoms with Crippen LogP contribution in [-0.2, 0) is 0 Å². The zero-order valence-electron chi connectivity index (χ0n) is 19.0. The van der Waals surface area contributed by atoms with Crippen LogP contribution in [0.15, 0.2) is 65.7 Å². The highest BCUT2D eigenvalue weighted by Gasteiger charge is 2.45. The van der Waals surface area contributed by atoms with Crippen molar-refractivity contribution in [2.45, 2.75) is 51.4 Å². The van der Waals surface area contributed by atoms with Crippen molar-refractivity contribution < 1.29 is 14.6 Å². The fraction of sp³-hybridized carbons (Fsp3) is 0.370. The van der Waals surface area contributed by atoms with Crippen molar-refractivity contribution in [1.29, 1.82) is 0 Å². The third-order valence-electron chi connectivity index (χ3n) is 7.21. The number of carbonyl (C=O) groups excluding carboxylic acids is 1. The lowest BCUT2D eigenvalue weighted by Crippen LogP contribution is -2.45. The third-order valence-corrected chi connectivity index (χ3v) is 7.21. The summed E-state index contributed by atoms with van der Waals surface area (Å²) in [7, 11) is 0. The molecule has 0 radical (unpaired) electrons. The number of fused-ring (bicyclic) bond motifs is 1. The van der Waals surface area contributed by atoms with Gasteiger partial charge in [-0.3, -0.25) is 4.79 Å². The first-order valence-corrected chi connectivity index (χ1v) is 11.5. The van der Waals surface area contributed by atoms with E-state index in [1.165, 1.54) is 0 Å². The summed E-state index contributed by atoms with van der Waals surface area (Å²) in [6, 6.07) is 14.8. The molecule has 2 N–H and O–H groups in total. The van der Waals surface area contributed by atoms with Crippen molar-refractivity contribution in [3.63, 3.8) is 0 Å². The van der Waals surface area contributed by atoms with Gasteiger partial charge in [-0.25, -0.2) is 9.98 Å². The first-order valence-electron chi connectivity index (χ1n) is 11.5. The molecule has 0 spiro atoms. The van der Waals surface area contributed by atoms with Gasteiger partial charge in [0.15, 0.2) is 12.1 Å². The molecule has 0 bridgehead atoms. The van der Waals surface area contributed by atoms with Crippen molar-refractivity contribution in [1.82, 2.24) is 9.97 Å². The second-order valence-corrected chi connectivity index (χ2v) is 9.72. The minimum atomic E-state index is -0.576. The number of ketones is 1. The van der Waals surface area contributed by atoms with Crippen LogP contribution in [0, 0.1) is 11.3 Å². The van der Waals surface area contributed by atoms with Gasteiger partial charge in [-0.05, 0) is 81.0 Å². The normalized spacial score (nSPS) is 29.3. The first-order chi connectivity index (χ1) is 15.8. The summed E-state index contributed by atoms with van der Waals surface area (Å²) in [5, 5.41) is 10.4. The summed E-state index contributed by atoms with van der Waals surface area (Å²) >= 11 is 0. The number of ether oxygens (including phenoxy) is 1. The Bertz CT molecular complexity index is 1180. The molecule has 2 atom stereocenters. The van der Waals surface area contributed by atoms with E-state index in [4.69, 9.17) is 4.74 Å². The number of H-pyrrole nitrogens is 1. The lowest BCUT2D eigenvalue weighted by atomic mass is 9.65. The van der Waals surface area contributed by atoms with E-state index in [0.717, 1.165) is 36.7 Å². The van der Waals surface area contributed by atoms with E-state index in [2.05, 4.69) is 28.0 Å². The Labute approximate surface area is 193 Å². The quantitative estimate of drug-likeness (QED) is 0.538. The largest absolute Gasteiger partial charge is 0.468 e. The van der Waals surface area contributed by atoms with E-state index in [9.17, 15) is 9.90 Å². The Balaban J connectivity index is 1.31. The van der Waals surface area contributed by atoms with Gasteiger partial charge in [0.2, 0.25) is 5.78 Å². The summed E-state index contributed by atoms with van der Waals surface area (Å²) in [5.74, 6) is 1.22. The number of carbonyl (C=O) groups is 1. The number of hydrogen-bond acceptors (Lipinski definition) is 5. The van der Waals surface area contributed by atoms with Crippen molar-refractivity contribution in [2.24, 2.45) is 16.3 Å². The van der Waals surface area contributed by atoms with Gasteiger partial charge in [0.25, 0.3) is 0 Å². The van der Waals surface area contributed by atoms with Crippen LogP contribution in [0.5, 0.6) is 5.75 Å². The molecular weight excluding hydrogens is 414 g/mol. The van der Waals surface area contributed by atoms with Gasteiger partial charge in [0.05, 0.1) is 16.6 Å². The molecule has 1 aliphatic heterocycles. The van der Waals surface area contributed by atoms with Gasteiger partial charge in [-0.15, -0.1) is 0 Å². The number of para-hydroxylation sites is 2. The van der Waals surface area contributed by atoms with Crippen molar-refractivity contribution >= 4 is 23.0 Å². The topological polar surface area (TPSA) is 87.6 Å². The lowest BCUT2D eigenvalue weighted by molar-refractivity contribution is -0.0313. The summed E-state index contributed by atoms with van der Waals surface area (Å²) in [5.41, 5.74) is 1.33. The van der Waals surface area contributed by atoms with Crippen LogP contribution in [0.2, 0.25) is 0 Å². The predicted molar refractivity (Wildman–Crippen MR) is 129 cm³/mol. The van der Waals surface area contributed by atoms with Crippen LogP contribution in [-0.4, -0.2) is 38.9 Å². The molecule has 0 saturated heterocycles. The highest BCUT2D eigenvalue weighted by Crippen LogP contribution is 2.46. The van der Waals surface area contributed by atoms with Gasteiger partial charge in [0, 0.05) is 17.2 Å². The number of aliphatic imine (C=N–C) groups is 1. The van der Waals surface area contributed by atoms with Crippen LogP contribution >= 0.6 is 0 Å². The Kier molecular flexibility index (Phi) is 5.41. The predicted octanol–water partition coefficient (Wildman–Crippen LogP) is 5.09. The Morgan fingerprint density at radius 2 is 1.82 bits per heavy atom. The van der Waals surface area contributed by atoms with Crippen molar-refractivity contribution in [2.75, 3.05) is 0 Å². The Morgan fingerprint density at radius 1 is 1.09 bits per heavy atom. The number of benzene rings is 2. The van der Waals surface area contributed by atoms with Gasteiger partial charge >= 0.3 is 0 Å². The fourth-order valence-corrected chi connectivity index (χ4v) is 4.99. The van der Waals surface area contributed by atoms with E-state index in [0.29, 0.717) is 23.1 Å². The molecule has 2 aromatic carbocycles. The number of dihydropyridines is 1. The molecule has 1 saturated carbocycles. The lowest BCUT2D eigenvalue weighted by Gasteiger charge is -2.45. The number of nitrogens with one attached hydrogen (secondary N) is 1. The highest BCUT2D eigenvalue weighted by atomic mass is 16.5. The molecule has 1 fully saturated rings. The van der Waals surface area contributed by atoms with Crippen LogP contribution in [0.4, 0.5) is 0 Å².